The van der Waals surface area contributed by atoms with Crippen LogP contribution >= 0.6 is 11.6 Å². The smallest absolute Gasteiger partial charge is 0.339 e. The van der Waals surface area contributed by atoms with Crippen molar-refractivity contribution in [1.29, 1.82) is 0 Å². The first kappa shape index (κ1) is 24.0. The molecule has 0 amide bonds. The number of ether oxygens (including phenoxy) is 2. The third kappa shape index (κ3) is 5.44. The van der Waals surface area contributed by atoms with E-state index in [0.717, 1.165) is 11.1 Å². The molecule has 8 nitrogen and oxygen atoms in total. The number of carboxylic acids is 1. The highest BCUT2D eigenvalue weighted by atomic mass is 35.5. The summed E-state index contributed by atoms with van der Waals surface area (Å²) < 4.78 is 13.4. The standard InChI is InChI=1S/C28H21ClN4O4/c1-18-23(28(34)35)16-31-33(18)26-8-4-6-24(32-26)22-5-2-3-7-25(22)36-17-19-9-14-27(30-15-19)37-21-12-10-20(29)11-13-21/h2-16H,17H2,1H3,(H,34,35). The Labute approximate surface area is 217 Å². The SMILES string of the molecule is Cc1c(C(=O)O)cnn1-c1cccc(-c2ccccc2OCc2ccc(Oc3ccc(Cl)cc3)nc2)n1. The molecule has 9 heteroatoms. The minimum absolute atomic E-state index is 0.133. The van der Waals surface area contributed by atoms with Crippen LogP contribution < -0.4 is 9.47 Å². The van der Waals surface area contributed by atoms with Crippen LogP contribution in [0.15, 0.2) is 91.3 Å². The molecule has 0 radical (unpaired) electrons. The summed E-state index contributed by atoms with van der Waals surface area (Å²) in [4.78, 5) is 20.5. The van der Waals surface area contributed by atoms with Gasteiger partial charge in [-0.1, -0.05) is 29.8 Å². The predicted molar refractivity (Wildman–Crippen MR) is 139 cm³/mol. The van der Waals surface area contributed by atoms with Crippen molar-refractivity contribution in [2.75, 3.05) is 0 Å². The third-order valence-electron chi connectivity index (χ3n) is 5.58. The van der Waals surface area contributed by atoms with E-state index < -0.39 is 5.97 Å². The van der Waals surface area contributed by atoms with Gasteiger partial charge in [0.25, 0.3) is 0 Å². The number of halogens is 1. The number of benzene rings is 2. The van der Waals surface area contributed by atoms with Crippen LogP contribution in [0.1, 0.15) is 21.6 Å². The molecule has 0 fully saturated rings. The molecule has 0 spiro atoms. The van der Waals surface area contributed by atoms with Gasteiger partial charge < -0.3 is 14.6 Å². The number of hydrogen-bond donors (Lipinski definition) is 1. The van der Waals surface area contributed by atoms with Crippen molar-refractivity contribution in [2.45, 2.75) is 13.5 Å². The second-order valence-corrected chi connectivity index (χ2v) is 8.52. The molecule has 0 aliphatic carbocycles. The lowest BCUT2D eigenvalue weighted by molar-refractivity contribution is 0.0696. The Morgan fingerprint density at radius 2 is 1.78 bits per heavy atom. The second-order valence-electron chi connectivity index (χ2n) is 8.09. The highest BCUT2D eigenvalue weighted by Crippen LogP contribution is 2.30. The largest absolute Gasteiger partial charge is 0.488 e. The number of pyridine rings is 2. The molecule has 0 aliphatic rings. The van der Waals surface area contributed by atoms with Crippen LogP contribution in [0.3, 0.4) is 0 Å². The normalized spacial score (nSPS) is 10.8. The lowest BCUT2D eigenvalue weighted by Crippen LogP contribution is -2.05. The monoisotopic (exact) mass is 512 g/mol. The van der Waals surface area contributed by atoms with Crippen molar-refractivity contribution < 1.29 is 19.4 Å². The van der Waals surface area contributed by atoms with E-state index in [0.29, 0.717) is 46.2 Å². The molecule has 0 saturated carbocycles. The molecule has 0 saturated heterocycles. The van der Waals surface area contributed by atoms with Crippen molar-refractivity contribution in [3.8, 4) is 34.5 Å². The number of aromatic carboxylic acids is 1. The Kier molecular flexibility index (Phi) is 6.83. The number of para-hydroxylation sites is 1. The summed E-state index contributed by atoms with van der Waals surface area (Å²) in [5, 5.41) is 14.2. The lowest BCUT2D eigenvalue weighted by atomic mass is 10.1. The van der Waals surface area contributed by atoms with Crippen molar-refractivity contribution in [1.82, 2.24) is 19.7 Å². The molecule has 3 aromatic heterocycles. The zero-order valence-electron chi connectivity index (χ0n) is 19.7. The Hall–Kier alpha value is -4.69. The first-order valence-corrected chi connectivity index (χ1v) is 11.7. The molecule has 1 N–H and O–H groups in total. The van der Waals surface area contributed by atoms with E-state index in [4.69, 9.17) is 26.1 Å². The summed E-state index contributed by atoms with van der Waals surface area (Å²) >= 11 is 5.91. The quantitative estimate of drug-likeness (QED) is 0.258. The van der Waals surface area contributed by atoms with E-state index in [9.17, 15) is 9.90 Å². The maximum atomic E-state index is 11.4. The van der Waals surface area contributed by atoms with Crippen LogP contribution in [0, 0.1) is 6.92 Å². The molecule has 5 aromatic rings. The molecule has 5 rings (SSSR count). The number of carboxylic acid groups (broad SMARTS) is 1. The second kappa shape index (κ2) is 10.5. The molecule has 3 heterocycles. The van der Waals surface area contributed by atoms with Gasteiger partial charge in [-0.05, 0) is 61.5 Å². The Morgan fingerprint density at radius 3 is 2.51 bits per heavy atom. The maximum absolute atomic E-state index is 11.4. The van der Waals surface area contributed by atoms with Gasteiger partial charge in [0.05, 0.1) is 17.6 Å². The van der Waals surface area contributed by atoms with E-state index in [1.165, 1.54) is 10.9 Å². The highest BCUT2D eigenvalue weighted by Gasteiger charge is 2.16. The summed E-state index contributed by atoms with van der Waals surface area (Å²) in [6.45, 7) is 1.99. The molecule has 184 valence electrons. The highest BCUT2D eigenvalue weighted by molar-refractivity contribution is 6.30. The fraction of sp³-hybridized carbons (Fsp3) is 0.0714. The summed E-state index contributed by atoms with van der Waals surface area (Å²) in [6.07, 6.45) is 3.02. The van der Waals surface area contributed by atoms with Gasteiger partial charge in [-0.3, -0.25) is 0 Å². The number of nitrogens with zero attached hydrogens (tertiary/aromatic N) is 4. The molecular formula is C28H21ClN4O4. The first-order valence-electron chi connectivity index (χ1n) is 11.3. The molecule has 0 bridgehead atoms. The minimum Gasteiger partial charge on any atom is -0.488 e. The van der Waals surface area contributed by atoms with Gasteiger partial charge in [0.2, 0.25) is 5.88 Å². The van der Waals surface area contributed by atoms with Crippen LogP contribution in [0.5, 0.6) is 17.4 Å². The van der Waals surface area contributed by atoms with E-state index in [-0.39, 0.29) is 5.56 Å². The number of hydrogen-bond acceptors (Lipinski definition) is 6. The molecule has 0 unspecified atom stereocenters. The summed E-state index contributed by atoms with van der Waals surface area (Å²) in [7, 11) is 0. The lowest BCUT2D eigenvalue weighted by Gasteiger charge is -2.13. The summed E-state index contributed by atoms with van der Waals surface area (Å²) in [6, 6.07) is 23.8. The molecule has 37 heavy (non-hydrogen) atoms. The molecule has 0 atom stereocenters. The fourth-order valence-electron chi connectivity index (χ4n) is 3.69. The first-order chi connectivity index (χ1) is 18.0. The number of carbonyl (C=O) groups is 1. The van der Waals surface area contributed by atoms with Gasteiger partial charge in [0, 0.05) is 28.4 Å². The number of rotatable bonds is 8. The predicted octanol–water partition coefficient (Wildman–Crippen LogP) is 6.36. The zero-order chi connectivity index (χ0) is 25.8. The van der Waals surface area contributed by atoms with Gasteiger partial charge in [-0.2, -0.15) is 5.10 Å². The zero-order valence-corrected chi connectivity index (χ0v) is 20.5. The van der Waals surface area contributed by atoms with Gasteiger partial charge in [0.15, 0.2) is 5.82 Å². The average molecular weight is 513 g/mol. The van der Waals surface area contributed by atoms with Crippen molar-refractivity contribution in [3.63, 3.8) is 0 Å². The van der Waals surface area contributed by atoms with Crippen LogP contribution in [-0.4, -0.2) is 30.8 Å². The maximum Gasteiger partial charge on any atom is 0.339 e. The minimum atomic E-state index is -1.03. The van der Waals surface area contributed by atoms with Gasteiger partial charge in [-0.15, -0.1) is 0 Å². The van der Waals surface area contributed by atoms with Gasteiger partial charge in [0.1, 0.15) is 23.7 Å². The van der Waals surface area contributed by atoms with E-state index in [2.05, 4.69) is 10.1 Å². The van der Waals surface area contributed by atoms with Crippen molar-refractivity contribution >= 4 is 17.6 Å². The van der Waals surface area contributed by atoms with Gasteiger partial charge in [-0.25, -0.2) is 19.4 Å². The van der Waals surface area contributed by atoms with Crippen LogP contribution in [0.25, 0.3) is 17.1 Å². The van der Waals surface area contributed by atoms with E-state index in [1.807, 2.05) is 42.5 Å². The fourth-order valence-corrected chi connectivity index (χ4v) is 3.81. The summed E-state index contributed by atoms with van der Waals surface area (Å²) in [5.41, 5.74) is 2.97. The molecule has 0 aliphatic heterocycles. The van der Waals surface area contributed by atoms with E-state index >= 15 is 0 Å². The Bertz CT molecular complexity index is 1550. The average Bonchev–Trinajstić information content (AvgIpc) is 3.31. The van der Waals surface area contributed by atoms with Crippen LogP contribution in [-0.2, 0) is 6.61 Å². The van der Waals surface area contributed by atoms with Crippen molar-refractivity contribution in [3.05, 3.63) is 113 Å². The Balaban J connectivity index is 1.32. The Morgan fingerprint density at radius 1 is 0.973 bits per heavy atom. The van der Waals surface area contributed by atoms with Gasteiger partial charge >= 0.3 is 5.97 Å². The summed E-state index contributed by atoms with van der Waals surface area (Å²) in [5.74, 6) is 1.24. The van der Waals surface area contributed by atoms with Crippen molar-refractivity contribution in [2.24, 2.45) is 0 Å². The molecular weight excluding hydrogens is 492 g/mol. The van der Waals surface area contributed by atoms with Crippen LogP contribution in [0.2, 0.25) is 5.02 Å². The molecule has 2 aromatic carbocycles. The topological polar surface area (TPSA) is 99.4 Å². The number of aromatic nitrogens is 4. The third-order valence-corrected chi connectivity index (χ3v) is 5.83. The van der Waals surface area contributed by atoms with Crippen LogP contribution in [0.4, 0.5) is 0 Å². The van der Waals surface area contributed by atoms with E-state index in [1.54, 1.807) is 49.5 Å².